The third-order valence-corrected chi connectivity index (χ3v) is 3.91. The van der Waals surface area contributed by atoms with Gasteiger partial charge in [0.25, 0.3) is 0 Å². The van der Waals surface area contributed by atoms with Crippen molar-refractivity contribution in [2.24, 2.45) is 5.14 Å². The summed E-state index contributed by atoms with van der Waals surface area (Å²) in [5.74, 6) is 0. The molecule has 2 N–H and O–H groups in total. The first-order chi connectivity index (χ1) is 8.21. The number of halogens is 1. The molecule has 0 aromatic heterocycles. The summed E-state index contributed by atoms with van der Waals surface area (Å²) in [7, 11) is -1.71. The molecule has 100 valence electrons. The highest BCUT2D eigenvalue weighted by Crippen LogP contribution is 2.22. The first kappa shape index (κ1) is 15.4. The van der Waals surface area contributed by atoms with Gasteiger partial charge in [0.05, 0.1) is 4.90 Å². The topological polar surface area (TPSA) is 63.4 Å². The lowest BCUT2D eigenvalue weighted by Gasteiger charge is -2.25. The van der Waals surface area contributed by atoms with Crippen molar-refractivity contribution in [2.45, 2.75) is 17.9 Å². The summed E-state index contributed by atoms with van der Waals surface area (Å²) in [5, 5.41) is 5.12. The van der Waals surface area contributed by atoms with Crippen molar-refractivity contribution in [2.75, 3.05) is 13.6 Å². The maximum absolute atomic E-state index is 11.3. The van der Waals surface area contributed by atoms with E-state index in [-0.39, 0.29) is 10.9 Å². The second kappa shape index (κ2) is 5.97. The predicted molar refractivity (Wildman–Crippen MR) is 76.9 cm³/mol. The summed E-state index contributed by atoms with van der Waals surface area (Å²) in [6.45, 7) is 6.47. The lowest BCUT2D eigenvalue weighted by atomic mass is 10.1. The van der Waals surface area contributed by atoms with Crippen LogP contribution in [0.15, 0.2) is 40.2 Å². The molecule has 0 amide bonds. The summed E-state index contributed by atoms with van der Waals surface area (Å²) in [6.07, 6.45) is 0. The zero-order valence-corrected chi connectivity index (χ0v) is 12.8. The Hall–Kier alpha value is -0.690. The fourth-order valence-electron chi connectivity index (χ4n) is 1.61. The summed E-state index contributed by atoms with van der Waals surface area (Å²) < 4.78 is 23.5. The number of primary sulfonamides is 1. The van der Waals surface area contributed by atoms with E-state index in [1.807, 2.05) is 20.0 Å². The van der Waals surface area contributed by atoms with Crippen molar-refractivity contribution in [1.29, 1.82) is 0 Å². The second-order valence-electron chi connectivity index (χ2n) is 4.23. The number of hydrogen-bond donors (Lipinski definition) is 1. The molecule has 0 saturated heterocycles. The molecule has 0 heterocycles. The SMILES string of the molecule is C=C(Br)CN(C)[C@H](C)c1cccc(S(N)(=O)=O)c1. The van der Waals surface area contributed by atoms with E-state index in [2.05, 4.69) is 27.4 Å². The monoisotopic (exact) mass is 332 g/mol. The minimum Gasteiger partial charge on any atom is -0.295 e. The van der Waals surface area contributed by atoms with Gasteiger partial charge in [-0.2, -0.15) is 0 Å². The standard InChI is InChI=1S/C12H17BrN2O2S/c1-9(13)8-15(3)10(2)11-5-4-6-12(7-11)18(14,16)17/h4-7,10H,1,8H2,2-3H3,(H2,14,16,17)/t10-/m1/s1. The molecule has 0 bridgehead atoms. The van der Waals surface area contributed by atoms with Gasteiger partial charge in [-0.25, -0.2) is 13.6 Å². The Bertz CT molecular complexity index is 543. The third kappa shape index (κ3) is 4.20. The van der Waals surface area contributed by atoms with Crippen LogP contribution in [-0.2, 0) is 10.0 Å². The zero-order valence-electron chi connectivity index (χ0n) is 10.4. The van der Waals surface area contributed by atoms with Gasteiger partial charge in [-0.05, 0) is 31.7 Å². The van der Waals surface area contributed by atoms with Crippen LogP contribution >= 0.6 is 15.9 Å². The highest BCUT2D eigenvalue weighted by molar-refractivity contribution is 9.11. The molecule has 0 spiro atoms. The van der Waals surface area contributed by atoms with E-state index in [4.69, 9.17) is 5.14 Å². The van der Waals surface area contributed by atoms with Crippen molar-refractivity contribution < 1.29 is 8.42 Å². The number of hydrogen-bond acceptors (Lipinski definition) is 3. The molecule has 0 aliphatic heterocycles. The van der Waals surface area contributed by atoms with Gasteiger partial charge in [0.15, 0.2) is 0 Å². The van der Waals surface area contributed by atoms with Gasteiger partial charge in [0.2, 0.25) is 10.0 Å². The first-order valence-electron chi connectivity index (χ1n) is 5.38. The highest BCUT2D eigenvalue weighted by atomic mass is 79.9. The fraction of sp³-hybridized carbons (Fsp3) is 0.333. The molecule has 1 rings (SSSR count). The van der Waals surface area contributed by atoms with Gasteiger partial charge in [0.1, 0.15) is 0 Å². The Labute approximate surface area is 117 Å². The van der Waals surface area contributed by atoms with E-state index in [1.165, 1.54) is 6.07 Å². The molecule has 0 radical (unpaired) electrons. The van der Waals surface area contributed by atoms with E-state index in [0.717, 1.165) is 10.0 Å². The van der Waals surface area contributed by atoms with Crippen LogP contribution in [0.2, 0.25) is 0 Å². The molecule has 0 unspecified atom stereocenters. The maximum atomic E-state index is 11.3. The lowest BCUT2D eigenvalue weighted by molar-refractivity contribution is 0.288. The number of rotatable bonds is 5. The maximum Gasteiger partial charge on any atom is 0.238 e. The molecule has 1 atom stereocenters. The summed E-state index contributed by atoms with van der Waals surface area (Å²) in [5.41, 5.74) is 0.901. The van der Waals surface area contributed by atoms with Crippen molar-refractivity contribution in [3.63, 3.8) is 0 Å². The minimum absolute atomic E-state index is 0.0704. The quantitative estimate of drug-likeness (QED) is 0.899. The highest BCUT2D eigenvalue weighted by Gasteiger charge is 2.15. The number of sulfonamides is 1. The molecule has 0 aliphatic rings. The van der Waals surface area contributed by atoms with Crippen LogP contribution in [0.3, 0.4) is 0 Å². The van der Waals surface area contributed by atoms with Crippen LogP contribution in [0.4, 0.5) is 0 Å². The average molecular weight is 333 g/mol. The summed E-state index contributed by atoms with van der Waals surface area (Å²) in [4.78, 5) is 2.19. The van der Waals surface area contributed by atoms with E-state index < -0.39 is 10.0 Å². The Morgan fingerprint density at radius 3 is 2.67 bits per heavy atom. The van der Waals surface area contributed by atoms with Gasteiger partial charge in [-0.15, -0.1) is 0 Å². The third-order valence-electron chi connectivity index (χ3n) is 2.75. The molecule has 1 aromatic rings. The van der Waals surface area contributed by atoms with Crippen LogP contribution < -0.4 is 5.14 Å². The smallest absolute Gasteiger partial charge is 0.238 e. The van der Waals surface area contributed by atoms with Crippen LogP contribution in [0.25, 0.3) is 0 Å². The van der Waals surface area contributed by atoms with E-state index in [1.54, 1.807) is 12.1 Å². The number of benzene rings is 1. The van der Waals surface area contributed by atoms with Gasteiger partial charge in [-0.1, -0.05) is 34.6 Å². The predicted octanol–water partition coefficient (Wildman–Crippen LogP) is 2.24. The lowest BCUT2D eigenvalue weighted by Crippen LogP contribution is -2.24. The van der Waals surface area contributed by atoms with Crippen LogP contribution in [0.1, 0.15) is 18.5 Å². The van der Waals surface area contributed by atoms with E-state index in [0.29, 0.717) is 6.54 Å². The Morgan fingerprint density at radius 1 is 1.56 bits per heavy atom. The summed E-state index contributed by atoms with van der Waals surface area (Å²) >= 11 is 3.31. The number of nitrogens with zero attached hydrogens (tertiary/aromatic N) is 1. The van der Waals surface area contributed by atoms with E-state index >= 15 is 0 Å². The van der Waals surface area contributed by atoms with E-state index in [9.17, 15) is 8.42 Å². The van der Waals surface area contributed by atoms with Crippen LogP contribution in [-0.4, -0.2) is 26.9 Å². The number of nitrogens with two attached hydrogens (primary N) is 1. The Balaban J connectivity index is 3.00. The van der Waals surface area contributed by atoms with Crippen molar-refractivity contribution in [3.8, 4) is 0 Å². The first-order valence-corrected chi connectivity index (χ1v) is 7.72. The van der Waals surface area contributed by atoms with Crippen molar-refractivity contribution in [3.05, 3.63) is 40.9 Å². The molecule has 1 aromatic carbocycles. The summed E-state index contributed by atoms with van der Waals surface area (Å²) in [6, 6.07) is 6.75. The minimum atomic E-state index is -3.65. The van der Waals surface area contributed by atoms with Gasteiger partial charge in [-0.3, -0.25) is 4.90 Å². The molecule has 0 aliphatic carbocycles. The van der Waals surface area contributed by atoms with Crippen molar-refractivity contribution in [1.82, 2.24) is 4.90 Å². The van der Waals surface area contributed by atoms with Crippen LogP contribution in [0, 0.1) is 0 Å². The Kier molecular flexibility index (Phi) is 5.10. The Morgan fingerprint density at radius 2 is 2.17 bits per heavy atom. The van der Waals surface area contributed by atoms with Crippen molar-refractivity contribution >= 4 is 26.0 Å². The van der Waals surface area contributed by atoms with Gasteiger partial charge in [0, 0.05) is 17.1 Å². The molecular weight excluding hydrogens is 316 g/mol. The fourth-order valence-corrected chi connectivity index (χ4v) is 2.58. The largest absolute Gasteiger partial charge is 0.295 e. The second-order valence-corrected chi connectivity index (χ2v) is 6.91. The molecule has 18 heavy (non-hydrogen) atoms. The van der Waals surface area contributed by atoms with Gasteiger partial charge >= 0.3 is 0 Å². The van der Waals surface area contributed by atoms with Gasteiger partial charge < -0.3 is 0 Å². The van der Waals surface area contributed by atoms with Crippen LogP contribution in [0.5, 0.6) is 0 Å². The molecule has 6 heteroatoms. The average Bonchev–Trinajstić information content (AvgIpc) is 2.26. The number of likely N-dealkylation sites (N-methyl/N-ethyl adjacent to an activating group) is 1. The molecule has 4 nitrogen and oxygen atoms in total. The normalized spacial score (nSPS) is 13.6. The molecule has 0 saturated carbocycles. The zero-order chi connectivity index (χ0) is 13.9. The molecular formula is C12H17BrN2O2S. The molecule has 0 fully saturated rings.